The van der Waals surface area contributed by atoms with E-state index in [1.54, 1.807) is 0 Å². The molecule has 0 aliphatic heterocycles. The van der Waals surface area contributed by atoms with Crippen LogP contribution in [-0.2, 0) is 5.41 Å². The largest absolute Gasteiger partial charge is 0.310 e. The van der Waals surface area contributed by atoms with Crippen LogP contribution >= 0.6 is 0 Å². The summed E-state index contributed by atoms with van der Waals surface area (Å²) >= 11 is 0. The molecule has 17 rings (SSSR count). The van der Waals surface area contributed by atoms with E-state index < -0.39 is 5.41 Å². The maximum absolute atomic E-state index is 2.54. The third-order valence-electron chi connectivity index (χ3n) is 22.4. The van der Waals surface area contributed by atoms with Gasteiger partial charge in [-0.1, -0.05) is 268 Å². The highest BCUT2D eigenvalue weighted by molar-refractivity contribution is 6.12. The van der Waals surface area contributed by atoms with Crippen LogP contribution in [0.4, 0.5) is 17.1 Å². The Morgan fingerprint density at radius 3 is 1.36 bits per heavy atom. The highest BCUT2D eigenvalue weighted by Crippen LogP contribution is 2.64. The van der Waals surface area contributed by atoms with Crippen molar-refractivity contribution in [3.8, 4) is 67.0 Å². The number of aromatic nitrogens is 2. The fourth-order valence-electron chi connectivity index (χ4n) is 16.4. The number of benzene rings is 13. The molecular weight excluding hydrogens is 1160 g/mol. The lowest BCUT2D eigenvalue weighted by atomic mass is 9.66. The van der Waals surface area contributed by atoms with Gasteiger partial charge in [-0.25, -0.2) is 0 Å². The summed E-state index contributed by atoms with van der Waals surface area (Å²) in [6, 6.07) is 114. The molecule has 2 aliphatic carbocycles. The van der Waals surface area contributed by atoms with Gasteiger partial charge in [0, 0.05) is 50.0 Å². The summed E-state index contributed by atoms with van der Waals surface area (Å²) in [6.07, 6.45) is 1.17. The van der Waals surface area contributed by atoms with E-state index >= 15 is 0 Å². The van der Waals surface area contributed by atoms with Crippen LogP contribution in [0, 0.1) is 22.7 Å². The molecule has 4 unspecified atom stereocenters. The van der Waals surface area contributed by atoms with Crippen LogP contribution in [0.2, 0.25) is 0 Å². The summed E-state index contributed by atoms with van der Waals surface area (Å²) in [4.78, 5) is 2.40. The van der Waals surface area contributed by atoms with Crippen LogP contribution in [0.3, 0.4) is 0 Å². The highest BCUT2D eigenvalue weighted by Gasteiger charge is 2.52. The maximum Gasteiger partial charge on any atom is 0.0726 e. The standard InChI is InChI=1S/C93H79N3/c1-60(91(3,4)5)55-81(61(2)92(6,7)8)66-37-35-64(36-38-66)68-43-51-76-74-27-15-19-31-83(74)93(85(76)57-68)84-32-20-16-28-75(84)77-52-49-72(58-86(77)93)96-88-34-22-18-30-79(88)82-56-67(44-54-89(82)96)65-41-47-71(48-42-65)94(70-45-39-63(40-46-70)62-23-11-9-12-24-62)73-50-53-80-78-29-17-21-33-87(78)95(90(80)59-73)69-25-13-10-14-26-69/h9-54,56-61,81H,55H2,1-8H3. The molecular formula is C93H79N3. The summed E-state index contributed by atoms with van der Waals surface area (Å²) in [5.74, 6) is 1.57. The van der Waals surface area contributed by atoms with E-state index in [4.69, 9.17) is 0 Å². The molecule has 96 heavy (non-hydrogen) atoms. The summed E-state index contributed by atoms with van der Waals surface area (Å²) < 4.78 is 4.92. The lowest BCUT2D eigenvalue weighted by Crippen LogP contribution is -2.28. The zero-order chi connectivity index (χ0) is 65.2. The van der Waals surface area contributed by atoms with Gasteiger partial charge in [0.25, 0.3) is 0 Å². The number of nitrogens with zero attached hydrogens (tertiary/aromatic N) is 3. The zero-order valence-electron chi connectivity index (χ0n) is 56.1. The fraction of sp³-hybridized carbons (Fsp3) is 0.161. The minimum absolute atomic E-state index is 0.188. The predicted octanol–water partition coefficient (Wildman–Crippen LogP) is 25.5. The molecule has 0 bridgehead atoms. The molecule has 0 saturated heterocycles. The first-order valence-corrected chi connectivity index (χ1v) is 34.5. The van der Waals surface area contributed by atoms with Crippen molar-refractivity contribution in [1.29, 1.82) is 0 Å². The summed E-state index contributed by atoms with van der Waals surface area (Å²) in [5, 5.41) is 4.92. The average molecular weight is 1240 g/mol. The highest BCUT2D eigenvalue weighted by atomic mass is 15.1. The Morgan fingerprint density at radius 1 is 0.312 bits per heavy atom. The van der Waals surface area contributed by atoms with Gasteiger partial charge in [-0.15, -0.1) is 0 Å². The molecule has 3 heteroatoms. The minimum atomic E-state index is -0.533. The van der Waals surface area contributed by atoms with Crippen molar-refractivity contribution in [3.05, 3.63) is 331 Å². The smallest absolute Gasteiger partial charge is 0.0726 e. The molecule has 15 aromatic rings. The molecule has 2 aromatic heterocycles. The number of rotatable bonds is 12. The Kier molecular flexibility index (Phi) is 14.0. The maximum atomic E-state index is 2.54. The lowest BCUT2D eigenvalue weighted by Gasteiger charge is -2.39. The second-order valence-electron chi connectivity index (χ2n) is 29.5. The molecule has 13 aromatic carbocycles. The second-order valence-corrected chi connectivity index (χ2v) is 29.5. The molecule has 3 nitrogen and oxygen atoms in total. The predicted molar refractivity (Wildman–Crippen MR) is 407 cm³/mol. The van der Waals surface area contributed by atoms with Crippen molar-refractivity contribution >= 4 is 60.7 Å². The first-order chi connectivity index (χ1) is 46.7. The van der Waals surface area contributed by atoms with Crippen molar-refractivity contribution in [1.82, 2.24) is 9.13 Å². The van der Waals surface area contributed by atoms with Gasteiger partial charge in [0.2, 0.25) is 0 Å². The van der Waals surface area contributed by atoms with Crippen LogP contribution in [0.25, 0.3) is 111 Å². The summed E-state index contributed by atoms with van der Waals surface area (Å²) in [7, 11) is 0. The number of hydrogen-bond donors (Lipinski definition) is 0. The van der Waals surface area contributed by atoms with Gasteiger partial charge >= 0.3 is 0 Å². The van der Waals surface area contributed by atoms with Crippen LogP contribution in [-0.4, -0.2) is 9.13 Å². The molecule has 4 atom stereocenters. The Bertz CT molecular complexity index is 5470. The quantitative estimate of drug-likeness (QED) is 0.119. The molecule has 0 saturated carbocycles. The molecule has 0 radical (unpaired) electrons. The van der Waals surface area contributed by atoms with Crippen molar-refractivity contribution < 1.29 is 0 Å². The van der Waals surface area contributed by atoms with Crippen molar-refractivity contribution in [2.75, 3.05) is 4.90 Å². The number of anilines is 3. The Hall–Kier alpha value is -10.7. The van der Waals surface area contributed by atoms with E-state index in [9.17, 15) is 0 Å². The zero-order valence-corrected chi connectivity index (χ0v) is 56.1. The Morgan fingerprint density at radius 2 is 0.750 bits per heavy atom. The van der Waals surface area contributed by atoms with E-state index in [0.29, 0.717) is 17.8 Å². The third kappa shape index (κ3) is 9.52. The second kappa shape index (κ2) is 22.7. The summed E-state index contributed by atoms with van der Waals surface area (Å²) in [5.41, 5.74) is 29.4. The average Bonchev–Trinajstić information content (AvgIpc) is 1.51. The van der Waals surface area contributed by atoms with Gasteiger partial charge in [0.15, 0.2) is 0 Å². The molecule has 466 valence electrons. The first-order valence-electron chi connectivity index (χ1n) is 34.5. The SMILES string of the molecule is CC(CC(c1ccc(-c2ccc3c(c2)C2(c4ccccc4-3)c3ccccc3-c3ccc(-n4c5ccccc5c5cc(-c6ccc(N(c7ccc(-c8ccccc8)cc7)c7ccc8c9ccccc9n(-c9ccccc9)c8c7)cc6)ccc54)cc32)cc1)C(C)C(C)(C)C)C(C)(C)C. The lowest BCUT2D eigenvalue weighted by molar-refractivity contribution is 0.163. The van der Waals surface area contributed by atoms with Crippen LogP contribution in [0.5, 0.6) is 0 Å². The van der Waals surface area contributed by atoms with Crippen LogP contribution in [0.1, 0.15) is 95.5 Å². The van der Waals surface area contributed by atoms with Crippen LogP contribution < -0.4 is 4.90 Å². The monoisotopic (exact) mass is 1240 g/mol. The topological polar surface area (TPSA) is 13.1 Å². The van der Waals surface area contributed by atoms with Crippen molar-refractivity contribution in [2.24, 2.45) is 22.7 Å². The van der Waals surface area contributed by atoms with Crippen LogP contribution in [0.15, 0.2) is 303 Å². The van der Waals surface area contributed by atoms with E-state index in [0.717, 1.165) is 39.5 Å². The summed E-state index contributed by atoms with van der Waals surface area (Å²) in [6.45, 7) is 19.4. The molecule has 2 heterocycles. The molecule has 0 amide bonds. The molecule has 1 spiro atoms. The number of para-hydroxylation sites is 3. The fourth-order valence-corrected chi connectivity index (χ4v) is 16.4. The van der Waals surface area contributed by atoms with Crippen molar-refractivity contribution in [3.63, 3.8) is 0 Å². The molecule has 2 aliphatic rings. The van der Waals surface area contributed by atoms with Gasteiger partial charge < -0.3 is 14.0 Å². The molecule has 0 N–H and O–H groups in total. The van der Waals surface area contributed by atoms with Gasteiger partial charge in [-0.05, 0) is 209 Å². The van der Waals surface area contributed by atoms with E-state index in [-0.39, 0.29) is 10.8 Å². The van der Waals surface area contributed by atoms with E-state index in [1.807, 2.05) is 0 Å². The first kappa shape index (κ1) is 59.0. The van der Waals surface area contributed by atoms with E-state index in [2.05, 4.69) is 373 Å². The van der Waals surface area contributed by atoms with Gasteiger partial charge in [-0.2, -0.15) is 0 Å². The minimum Gasteiger partial charge on any atom is -0.310 e. The van der Waals surface area contributed by atoms with Gasteiger partial charge in [-0.3, -0.25) is 0 Å². The molecule has 0 fully saturated rings. The Balaban J connectivity index is 0.757. The van der Waals surface area contributed by atoms with E-state index in [1.165, 1.54) is 122 Å². The van der Waals surface area contributed by atoms with Gasteiger partial charge in [0.05, 0.1) is 27.5 Å². The normalized spacial score (nSPS) is 15.0. The third-order valence-corrected chi connectivity index (χ3v) is 22.4. The van der Waals surface area contributed by atoms with Crippen molar-refractivity contribution in [2.45, 2.75) is 73.1 Å². The van der Waals surface area contributed by atoms with Gasteiger partial charge in [0.1, 0.15) is 0 Å². The Labute approximate surface area is 565 Å². The number of fused-ring (bicyclic) bond motifs is 16. The number of hydrogen-bond acceptors (Lipinski definition) is 1.